The number of hydrogen-bond acceptors (Lipinski definition) is 5. The van der Waals surface area contributed by atoms with Crippen molar-refractivity contribution < 1.29 is 14.3 Å². The highest BCUT2D eigenvalue weighted by molar-refractivity contribution is 6.04. The summed E-state index contributed by atoms with van der Waals surface area (Å²) in [5.74, 6) is 0.909. The van der Waals surface area contributed by atoms with Crippen LogP contribution in [-0.2, 0) is 0 Å². The van der Waals surface area contributed by atoms with Crippen LogP contribution in [0.1, 0.15) is 17.3 Å². The quantitative estimate of drug-likeness (QED) is 0.748. The number of amides is 1. The van der Waals surface area contributed by atoms with E-state index in [2.05, 4.69) is 15.4 Å². The van der Waals surface area contributed by atoms with Crippen LogP contribution in [0, 0.1) is 0 Å². The molecule has 3 rings (SSSR count). The van der Waals surface area contributed by atoms with E-state index in [0.717, 1.165) is 5.69 Å². The van der Waals surface area contributed by atoms with Crippen LogP contribution in [0.3, 0.4) is 0 Å². The minimum Gasteiger partial charge on any atom is -0.493 e. The van der Waals surface area contributed by atoms with E-state index >= 15 is 0 Å². The summed E-state index contributed by atoms with van der Waals surface area (Å²) in [5.41, 5.74) is 2.03. The van der Waals surface area contributed by atoms with Crippen LogP contribution in [0.4, 0.5) is 5.69 Å². The molecule has 0 bridgehead atoms. The first kappa shape index (κ1) is 16.5. The number of rotatable bonds is 6. The molecule has 0 fully saturated rings. The van der Waals surface area contributed by atoms with Crippen LogP contribution in [0.2, 0.25) is 0 Å². The van der Waals surface area contributed by atoms with E-state index in [9.17, 15) is 4.79 Å². The normalized spacial score (nSPS) is 10.3. The summed E-state index contributed by atoms with van der Waals surface area (Å²) in [4.78, 5) is 16.4. The molecule has 3 aromatic rings. The molecule has 0 aliphatic heterocycles. The zero-order chi connectivity index (χ0) is 17.6. The van der Waals surface area contributed by atoms with Crippen molar-refractivity contribution in [3.63, 3.8) is 0 Å². The maximum absolute atomic E-state index is 12.4. The van der Waals surface area contributed by atoms with Crippen LogP contribution in [0.5, 0.6) is 11.5 Å². The molecule has 1 amide bonds. The van der Waals surface area contributed by atoms with Crippen molar-refractivity contribution in [1.29, 1.82) is 0 Å². The zero-order valence-corrected chi connectivity index (χ0v) is 14.0. The predicted octanol–water partition coefficient (Wildman–Crippen LogP) is 2.93. The Hall–Kier alpha value is -3.35. The summed E-state index contributed by atoms with van der Waals surface area (Å²) in [6.45, 7) is 2.37. The van der Waals surface area contributed by atoms with Crippen molar-refractivity contribution in [2.75, 3.05) is 19.0 Å². The molecule has 0 saturated carbocycles. The van der Waals surface area contributed by atoms with E-state index in [-0.39, 0.29) is 5.91 Å². The average Bonchev–Trinajstić information content (AvgIpc) is 3.17. The van der Waals surface area contributed by atoms with Gasteiger partial charge in [0.1, 0.15) is 12.7 Å². The average molecular weight is 338 g/mol. The largest absolute Gasteiger partial charge is 0.493 e. The lowest BCUT2D eigenvalue weighted by molar-refractivity contribution is 0.102. The second-order valence-corrected chi connectivity index (χ2v) is 5.14. The van der Waals surface area contributed by atoms with Gasteiger partial charge in [-0.25, -0.2) is 9.67 Å². The molecule has 0 saturated heterocycles. The van der Waals surface area contributed by atoms with Crippen LogP contribution in [-0.4, -0.2) is 34.4 Å². The molecule has 1 N–H and O–H groups in total. The molecule has 2 aromatic carbocycles. The molecule has 0 spiro atoms. The first-order valence-corrected chi connectivity index (χ1v) is 7.78. The van der Waals surface area contributed by atoms with Crippen molar-refractivity contribution in [3.8, 4) is 17.2 Å². The van der Waals surface area contributed by atoms with Crippen LogP contribution < -0.4 is 14.8 Å². The van der Waals surface area contributed by atoms with Crippen molar-refractivity contribution in [2.45, 2.75) is 6.92 Å². The van der Waals surface area contributed by atoms with Gasteiger partial charge in [-0.15, -0.1) is 0 Å². The molecule has 25 heavy (non-hydrogen) atoms. The van der Waals surface area contributed by atoms with Crippen molar-refractivity contribution in [3.05, 3.63) is 60.7 Å². The Balaban J connectivity index is 1.74. The van der Waals surface area contributed by atoms with Gasteiger partial charge in [0.25, 0.3) is 5.91 Å². The zero-order valence-electron chi connectivity index (χ0n) is 14.0. The molecule has 0 aliphatic rings. The molecular formula is C18H18N4O3. The number of anilines is 1. The second-order valence-electron chi connectivity index (χ2n) is 5.14. The van der Waals surface area contributed by atoms with Gasteiger partial charge in [0, 0.05) is 11.3 Å². The number of methoxy groups -OCH3 is 1. The molecule has 7 nitrogen and oxygen atoms in total. The van der Waals surface area contributed by atoms with E-state index in [0.29, 0.717) is 29.4 Å². The molecule has 1 aromatic heterocycles. The number of aromatic nitrogens is 3. The molecule has 0 radical (unpaired) electrons. The number of benzene rings is 2. The van der Waals surface area contributed by atoms with Gasteiger partial charge in [-0.1, -0.05) is 0 Å². The summed E-state index contributed by atoms with van der Waals surface area (Å²) in [7, 11) is 1.56. The first-order chi connectivity index (χ1) is 12.2. The van der Waals surface area contributed by atoms with Gasteiger partial charge >= 0.3 is 0 Å². The van der Waals surface area contributed by atoms with E-state index in [1.807, 2.05) is 31.2 Å². The summed E-state index contributed by atoms with van der Waals surface area (Å²) in [6.07, 6.45) is 3.08. The maximum atomic E-state index is 12.4. The lowest BCUT2D eigenvalue weighted by Gasteiger charge is -2.11. The number of nitrogens with zero attached hydrogens (tertiary/aromatic N) is 3. The number of carbonyl (C=O) groups is 1. The third-order valence-electron chi connectivity index (χ3n) is 3.53. The fraction of sp³-hybridized carbons (Fsp3) is 0.167. The van der Waals surface area contributed by atoms with Gasteiger partial charge in [-0.3, -0.25) is 4.79 Å². The maximum Gasteiger partial charge on any atom is 0.255 e. The Morgan fingerprint density at radius 2 is 1.96 bits per heavy atom. The topological polar surface area (TPSA) is 78.3 Å². The highest BCUT2D eigenvalue weighted by Gasteiger charge is 2.11. The minimum atomic E-state index is -0.225. The Bertz CT molecular complexity index is 845. The van der Waals surface area contributed by atoms with E-state index in [1.54, 1.807) is 36.3 Å². The third-order valence-corrected chi connectivity index (χ3v) is 3.53. The van der Waals surface area contributed by atoms with Gasteiger partial charge in [-0.2, -0.15) is 5.10 Å². The molecule has 1 heterocycles. The summed E-state index contributed by atoms with van der Waals surface area (Å²) >= 11 is 0. The Labute approximate surface area is 145 Å². The van der Waals surface area contributed by atoms with Crippen LogP contribution >= 0.6 is 0 Å². The molecule has 0 aliphatic carbocycles. The van der Waals surface area contributed by atoms with E-state index in [4.69, 9.17) is 9.47 Å². The summed E-state index contributed by atoms with van der Waals surface area (Å²) in [6, 6.07) is 12.4. The standard InChI is InChI=1S/C18H18N4O3/c1-3-25-17-10-13(4-9-16(17)24-2)18(23)21-14-5-7-15(8-6-14)22-12-19-11-20-22/h4-12H,3H2,1-2H3,(H,21,23). The fourth-order valence-corrected chi connectivity index (χ4v) is 2.33. The second kappa shape index (κ2) is 7.48. The van der Waals surface area contributed by atoms with Gasteiger partial charge in [0.15, 0.2) is 11.5 Å². The molecule has 7 heteroatoms. The first-order valence-electron chi connectivity index (χ1n) is 7.78. The van der Waals surface area contributed by atoms with Crippen molar-refractivity contribution >= 4 is 11.6 Å². The van der Waals surface area contributed by atoms with Gasteiger partial charge in [0.05, 0.1) is 19.4 Å². The fourth-order valence-electron chi connectivity index (χ4n) is 2.33. The molecule has 0 atom stereocenters. The van der Waals surface area contributed by atoms with Crippen LogP contribution in [0.15, 0.2) is 55.1 Å². The number of ether oxygens (including phenoxy) is 2. The number of hydrogen-bond donors (Lipinski definition) is 1. The van der Waals surface area contributed by atoms with Gasteiger partial charge in [0.2, 0.25) is 0 Å². The molecule has 128 valence electrons. The highest BCUT2D eigenvalue weighted by Crippen LogP contribution is 2.28. The number of nitrogens with one attached hydrogen (secondary N) is 1. The number of carbonyl (C=O) groups excluding carboxylic acids is 1. The van der Waals surface area contributed by atoms with Crippen LogP contribution in [0.25, 0.3) is 5.69 Å². The van der Waals surface area contributed by atoms with Crippen molar-refractivity contribution in [2.24, 2.45) is 0 Å². The van der Waals surface area contributed by atoms with Gasteiger partial charge in [-0.05, 0) is 49.4 Å². The SMILES string of the molecule is CCOc1cc(C(=O)Nc2ccc(-n3cncn3)cc2)ccc1OC. The van der Waals surface area contributed by atoms with E-state index in [1.165, 1.54) is 6.33 Å². The molecule has 0 unspecified atom stereocenters. The monoisotopic (exact) mass is 338 g/mol. The Kier molecular flexibility index (Phi) is 4.94. The summed E-state index contributed by atoms with van der Waals surface area (Å²) < 4.78 is 12.4. The predicted molar refractivity (Wildman–Crippen MR) is 93.5 cm³/mol. The summed E-state index contributed by atoms with van der Waals surface area (Å²) in [5, 5.41) is 6.92. The van der Waals surface area contributed by atoms with Gasteiger partial charge < -0.3 is 14.8 Å². The lowest BCUT2D eigenvalue weighted by Crippen LogP contribution is -2.12. The molecular weight excluding hydrogens is 320 g/mol. The smallest absolute Gasteiger partial charge is 0.255 e. The Morgan fingerprint density at radius 1 is 1.16 bits per heavy atom. The van der Waals surface area contributed by atoms with E-state index < -0.39 is 0 Å². The highest BCUT2D eigenvalue weighted by atomic mass is 16.5. The Morgan fingerprint density at radius 3 is 2.60 bits per heavy atom. The lowest BCUT2D eigenvalue weighted by atomic mass is 10.1. The minimum absolute atomic E-state index is 0.225. The van der Waals surface area contributed by atoms with Crippen molar-refractivity contribution in [1.82, 2.24) is 14.8 Å². The third kappa shape index (κ3) is 3.77.